The van der Waals surface area contributed by atoms with Gasteiger partial charge in [0.25, 0.3) is 11.6 Å². The van der Waals surface area contributed by atoms with E-state index in [1.54, 1.807) is 25.3 Å². The minimum Gasteiger partial charge on any atom is -0.497 e. The average molecular weight is 371 g/mol. The number of carbonyl (C=O) groups excluding carboxylic acids is 1. The predicted octanol–water partition coefficient (Wildman–Crippen LogP) is 3.31. The van der Waals surface area contributed by atoms with E-state index in [0.717, 1.165) is 21.5 Å². The lowest BCUT2D eigenvalue weighted by Gasteiger charge is -2.02. The van der Waals surface area contributed by atoms with Crippen LogP contribution in [0.15, 0.2) is 47.5 Å². The molecule has 3 rings (SSSR count). The van der Waals surface area contributed by atoms with Crippen molar-refractivity contribution in [3.8, 4) is 5.75 Å². The zero-order chi connectivity index (χ0) is 18.7. The number of ether oxygens (including phenoxy) is 1. The second kappa shape index (κ2) is 7.49. The second-order valence-electron chi connectivity index (χ2n) is 5.57. The fourth-order valence-corrected chi connectivity index (χ4v) is 3.77. The Hall–Kier alpha value is -3.00. The lowest BCUT2D eigenvalue weighted by Crippen LogP contribution is -2.16. The highest BCUT2D eigenvalue weighted by molar-refractivity contribution is 7.16. The number of fused-ring (bicyclic) bond motifs is 1. The first-order valence-electron chi connectivity index (χ1n) is 8.00. The summed E-state index contributed by atoms with van der Waals surface area (Å²) in [5.74, 6) is 0.464. The van der Waals surface area contributed by atoms with E-state index in [-0.39, 0.29) is 18.0 Å². The SMILES string of the molecule is CCn1c(=NC(=O)Cc2ccc(OC)cc2)sc2cc([N+](=O)[O-])ccc21. The summed E-state index contributed by atoms with van der Waals surface area (Å²) in [5.41, 5.74) is 1.71. The summed E-state index contributed by atoms with van der Waals surface area (Å²) in [5, 5.41) is 10.9. The average Bonchev–Trinajstić information content (AvgIpc) is 2.98. The topological polar surface area (TPSA) is 86.7 Å². The number of methoxy groups -OCH3 is 1. The number of aromatic nitrogens is 1. The Morgan fingerprint density at radius 3 is 2.62 bits per heavy atom. The van der Waals surface area contributed by atoms with E-state index in [0.29, 0.717) is 11.3 Å². The quantitative estimate of drug-likeness (QED) is 0.508. The molecule has 0 aliphatic heterocycles. The van der Waals surface area contributed by atoms with Crippen molar-refractivity contribution in [2.75, 3.05) is 7.11 Å². The van der Waals surface area contributed by atoms with Crippen LogP contribution in [-0.2, 0) is 17.8 Å². The van der Waals surface area contributed by atoms with Crippen molar-refractivity contribution in [3.05, 3.63) is 62.9 Å². The molecule has 0 aliphatic rings. The summed E-state index contributed by atoms with van der Waals surface area (Å²) < 4.78 is 7.72. The number of aryl methyl sites for hydroxylation is 1. The van der Waals surface area contributed by atoms with Crippen molar-refractivity contribution < 1.29 is 14.5 Å². The minimum atomic E-state index is -0.429. The lowest BCUT2D eigenvalue weighted by atomic mass is 10.1. The Kier molecular flexibility index (Phi) is 5.13. The molecule has 8 heteroatoms. The molecule has 0 saturated carbocycles. The fourth-order valence-electron chi connectivity index (χ4n) is 2.63. The van der Waals surface area contributed by atoms with Gasteiger partial charge in [0.1, 0.15) is 5.75 Å². The molecule has 0 aliphatic carbocycles. The normalized spacial score (nSPS) is 11.7. The monoisotopic (exact) mass is 371 g/mol. The molecule has 26 heavy (non-hydrogen) atoms. The Bertz CT molecular complexity index is 1030. The molecular weight excluding hydrogens is 354 g/mol. The number of nitro benzene ring substituents is 1. The van der Waals surface area contributed by atoms with Crippen LogP contribution in [0.25, 0.3) is 10.2 Å². The molecule has 3 aromatic rings. The molecular formula is C18H17N3O4S. The van der Waals surface area contributed by atoms with Crippen molar-refractivity contribution in [2.45, 2.75) is 19.9 Å². The largest absolute Gasteiger partial charge is 0.497 e. The van der Waals surface area contributed by atoms with Crippen LogP contribution in [0.2, 0.25) is 0 Å². The third-order valence-electron chi connectivity index (χ3n) is 3.93. The number of hydrogen-bond donors (Lipinski definition) is 0. The Morgan fingerprint density at radius 2 is 2.00 bits per heavy atom. The molecule has 0 fully saturated rings. The summed E-state index contributed by atoms with van der Waals surface area (Å²) in [6.07, 6.45) is 0.183. The number of hydrogen-bond acceptors (Lipinski definition) is 5. The number of thiazole rings is 1. The van der Waals surface area contributed by atoms with Crippen molar-refractivity contribution in [3.63, 3.8) is 0 Å². The van der Waals surface area contributed by atoms with Crippen LogP contribution in [-0.4, -0.2) is 22.5 Å². The minimum absolute atomic E-state index is 0.0260. The highest BCUT2D eigenvalue weighted by atomic mass is 32.1. The van der Waals surface area contributed by atoms with E-state index < -0.39 is 4.92 Å². The summed E-state index contributed by atoms with van der Waals surface area (Å²) in [7, 11) is 1.59. The summed E-state index contributed by atoms with van der Waals surface area (Å²) in [6, 6.07) is 11.9. The molecule has 0 N–H and O–H groups in total. The first-order chi connectivity index (χ1) is 12.5. The maximum absolute atomic E-state index is 12.3. The molecule has 1 aromatic heterocycles. The van der Waals surface area contributed by atoms with Gasteiger partial charge in [-0.2, -0.15) is 4.99 Å². The number of non-ortho nitro benzene ring substituents is 1. The number of rotatable bonds is 5. The van der Waals surface area contributed by atoms with E-state index in [1.807, 2.05) is 23.6 Å². The molecule has 0 spiro atoms. The molecule has 134 valence electrons. The van der Waals surface area contributed by atoms with Crippen LogP contribution in [0.1, 0.15) is 12.5 Å². The van der Waals surface area contributed by atoms with E-state index in [4.69, 9.17) is 4.74 Å². The van der Waals surface area contributed by atoms with E-state index in [2.05, 4.69) is 4.99 Å². The number of carbonyl (C=O) groups is 1. The molecule has 1 heterocycles. The van der Waals surface area contributed by atoms with Gasteiger partial charge in [0.05, 0.1) is 28.7 Å². The third kappa shape index (κ3) is 3.65. The molecule has 0 bridgehead atoms. The number of nitro groups is 1. The molecule has 0 saturated heterocycles. The third-order valence-corrected chi connectivity index (χ3v) is 4.97. The first-order valence-corrected chi connectivity index (χ1v) is 8.81. The van der Waals surface area contributed by atoms with Gasteiger partial charge in [-0.25, -0.2) is 0 Å². The van der Waals surface area contributed by atoms with Gasteiger partial charge >= 0.3 is 0 Å². The maximum atomic E-state index is 12.3. The highest BCUT2D eigenvalue weighted by Crippen LogP contribution is 2.23. The maximum Gasteiger partial charge on any atom is 0.270 e. The molecule has 0 unspecified atom stereocenters. The number of nitrogens with zero attached hydrogens (tertiary/aromatic N) is 3. The van der Waals surface area contributed by atoms with Crippen LogP contribution in [0.3, 0.4) is 0 Å². The molecule has 2 aromatic carbocycles. The van der Waals surface area contributed by atoms with E-state index in [1.165, 1.54) is 23.5 Å². The Morgan fingerprint density at radius 1 is 1.27 bits per heavy atom. The van der Waals surface area contributed by atoms with Gasteiger partial charge in [-0.1, -0.05) is 23.5 Å². The molecule has 7 nitrogen and oxygen atoms in total. The molecule has 0 atom stereocenters. The van der Waals surface area contributed by atoms with E-state index in [9.17, 15) is 14.9 Å². The van der Waals surface area contributed by atoms with Crippen LogP contribution >= 0.6 is 11.3 Å². The van der Waals surface area contributed by atoms with Crippen molar-refractivity contribution in [2.24, 2.45) is 4.99 Å². The van der Waals surface area contributed by atoms with Crippen molar-refractivity contribution in [1.29, 1.82) is 0 Å². The van der Waals surface area contributed by atoms with Crippen molar-refractivity contribution in [1.82, 2.24) is 4.57 Å². The zero-order valence-electron chi connectivity index (χ0n) is 14.3. The molecule has 1 amide bonds. The second-order valence-corrected chi connectivity index (χ2v) is 6.58. The highest BCUT2D eigenvalue weighted by Gasteiger charge is 2.12. The zero-order valence-corrected chi connectivity index (χ0v) is 15.2. The van der Waals surface area contributed by atoms with Gasteiger partial charge < -0.3 is 9.30 Å². The van der Waals surface area contributed by atoms with Gasteiger partial charge in [-0.05, 0) is 30.7 Å². The van der Waals surface area contributed by atoms with Gasteiger partial charge in [-0.3, -0.25) is 14.9 Å². The van der Waals surface area contributed by atoms with Crippen LogP contribution < -0.4 is 9.54 Å². The summed E-state index contributed by atoms with van der Waals surface area (Å²) >= 11 is 1.28. The summed E-state index contributed by atoms with van der Waals surface area (Å²) in [6.45, 7) is 2.56. The van der Waals surface area contributed by atoms with Gasteiger partial charge in [-0.15, -0.1) is 0 Å². The number of benzene rings is 2. The van der Waals surface area contributed by atoms with Crippen LogP contribution in [0.5, 0.6) is 5.75 Å². The van der Waals surface area contributed by atoms with Gasteiger partial charge in [0, 0.05) is 18.7 Å². The fraction of sp³-hybridized carbons (Fsp3) is 0.222. The van der Waals surface area contributed by atoms with Crippen LogP contribution in [0, 0.1) is 10.1 Å². The van der Waals surface area contributed by atoms with Gasteiger partial charge in [0.2, 0.25) is 0 Å². The predicted molar refractivity (Wildman–Crippen MR) is 99.4 cm³/mol. The Labute approximate surface area is 153 Å². The smallest absolute Gasteiger partial charge is 0.270 e. The van der Waals surface area contributed by atoms with E-state index >= 15 is 0 Å². The molecule has 0 radical (unpaired) electrons. The van der Waals surface area contributed by atoms with Gasteiger partial charge in [0.15, 0.2) is 4.80 Å². The Balaban J connectivity index is 1.94. The lowest BCUT2D eigenvalue weighted by molar-refractivity contribution is -0.384. The summed E-state index contributed by atoms with van der Waals surface area (Å²) in [4.78, 5) is 27.6. The van der Waals surface area contributed by atoms with Crippen LogP contribution in [0.4, 0.5) is 5.69 Å². The standard InChI is InChI=1S/C18H17N3O4S/c1-3-20-15-9-6-13(21(23)24)11-16(15)26-18(20)19-17(22)10-12-4-7-14(25-2)8-5-12/h4-9,11H,3,10H2,1-2H3. The van der Waals surface area contributed by atoms with Crippen molar-refractivity contribution >= 4 is 33.1 Å². The first kappa shape index (κ1) is 17.8. The number of amides is 1.